The van der Waals surface area contributed by atoms with E-state index in [0.717, 1.165) is 31.1 Å². The van der Waals surface area contributed by atoms with Gasteiger partial charge in [-0.3, -0.25) is 4.99 Å². The number of rotatable bonds is 5. The maximum absolute atomic E-state index is 5.31. The summed E-state index contributed by atoms with van der Waals surface area (Å²) in [4.78, 5) is 4.61. The van der Waals surface area contributed by atoms with Crippen molar-refractivity contribution >= 4 is 5.96 Å². The first-order valence-electron chi connectivity index (χ1n) is 7.02. The van der Waals surface area contributed by atoms with E-state index in [0.29, 0.717) is 6.04 Å². The second kappa shape index (κ2) is 7.22. The quantitative estimate of drug-likeness (QED) is 0.635. The molecule has 0 radical (unpaired) electrons. The van der Waals surface area contributed by atoms with Crippen LogP contribution in [0.2, 0.25) is 0 Å². The third-order valence-electron chi connectivity index (χ3n) is 2.70. The molecule has 0 fully saturated rings. The van der Waals surface area contributed by atoms with E-state index in [-0.39, 0.29) is 5.54 Å². The topological polar surface area (TPSA) is 49.6 Å². The minimum Gasteiger partial charge on any atom is -0.469 e. The van der Waals surface area contributed by atoms with E-state index in [4.69, 9.17) is 4.42 Å². The van der Waals surface area contributed by atoms with Gasteiger partial charge in [0, 0.05) is 24.5 Å². The maximum atomic E-state index is 5.31. The first-order valence-corrected chi connectivity index (χ1v) is 7.02. The summed E-state index contributed by atoms with van der Waals surface area (Å²) in [6, 6.07) is 4.30. The van der Waals surface area contributed by atoms with Crippen molar-refractivity contribution < 1.29 is 4.42 Å². The highest BCUT2D eigenvalue weighted by Gasteiger charge is 2.13. The third-order valence-corrected chi connectivity index (χ3v) is 2.70. The molecule has 0 amide bonds. The van der Waals surface area contributed by atoms with Gasteiger partial charge in [0.05, 0.1) is 6.26 Å². The van der Waals surface area contributed by atoms with Gasteiger partial charge in [-0.2, -0.15) is 0 Å². The lowest BCUT2D eigenvalue weighted by Gasteiger charge is -2.26. The second-order valence-corrected chi connectivity index (χ2v) is 5.89. The Bertz CT molecular complexity index is 377. The predicted molar refractivity (Wildman–Crippen MR) is 80.5 cm³/mol. The summed E-state index contributed by atoms with van der Waals surface area (Å²) in [6.45, 7) is 11.4. The van der Waals surface area contributed by atoms with Gasteiger partial charge in [-0.05, 0) is 46.2 Å². The summed E-state index contributed by atoms with van der Waals surface area (Å²) >= 11 is 0. The van der Waals surface area contributed by atoms with E-state index < -0.39 is 0 Å². The number of hydrogen-bond donors (Lipinski definition) is 2. The van der Waals surface area contributed by atoms with E-state index in [1.165, 1.54) is 0 Å². The van der Waals surface area contributed by atoms with Crippen LogP contribution >= 0.6 is 0 Å². The van der Waals surface area contributed by atoms with Crippen LogP contribution in [0.4, 0.5) is 0 Å². The van der Waals surface area contributed by atoms with Crippen molar-refractivity contribution in [3.8, 4) is 0 Å². The first kappa shape index (κ1) is 15.6. The Morgan fingerprint density at radius 2 is 2.16 bits per heavy atom. The van der Waals surface area contributed by atoms with Crippen molar-refractivity contribution in [2.45, 2.75) is 59.0 Å². The zero-order valence-electron chi connectivity index (χ0n) is 12.8. The average molecular weight is 265 g/mol. The zero-order chi connectivity index (χ0) is 14.3. The Morgan fingerprint density at radius 3 is 2.68 bits per heavy atom. The number of furan rings is 1. The molecule has 0 aliphatic rings. The Labute approximate surface area is 116 Å². The zero-order valence-corrected chi connectivity index (χ0v) is 12.8. The van der Waals surface area contributed by atoms with Gasteiger partial charge in [-0.25, -0.2) is 0 Å². The predicted octanol–water partition coefficient (Wildman–Crippen LogP) is 2.95. The van der Waals surface area contributed by atoms with Crippen LogP contribution in [-0.2, 0) is 6.42 Å². The maximum Gasteiger partial charge on any atom is 0.191 e. The van der Waals surface area contributed by atoms with Gasteiger partial charge in [0.1, 0.15) is 5.76 Å². The van der Waals surface area contributed by atoms with Crippen LogP contribution in [-0.4, -0.2) is 24.1 Å². The SMILES string of the molecule is CCC(C)NC(=NCCc1ccco1)NC(C)(C)C. The molecule has 4 nitrogen and oxygen atoms in total. The molecule has 0 saturated carbocycles. The van der Waals surface area contributed by atoms with E-state index in [1.807, 2.05) is 12.1 Å². The standard InChI is InChI=1S/C15H27N3O/c1-6-12(2)17-14(18-15(3,4)5)16-10-9-13-8-7-11-19-13/h7-8,11-12H,6,9-10H2,1-5H3,(H2,16,17,18). The largest absolute Gasteiger partial charge is 0.469 e. The Kier molecular flexibility index (Phi) is 5.93. The normalized spacial score (nSPS) is 14.3. The summed E-state index contributed by atoms with van der Waals surface area (Å²) in [7, 11) is 0. The van der Waals surface area contributed by atoms with Crippen LogP contribution in [0.5, 0.6) is 0 Å². The first-order chi connectivity index (χ1) is 8.90. The van der Waals surface area contributed by atoms with E-state index in [2.05, 4.69) is 50.2 Å². The molecule has 4 heteroatoms. The molecule has 0 aliphatic heterocycles. The van der Waals surface area contributed by atoms with Crippen molar-refractivity contribution in [2.24, 2.45) is 4.99 Å². The number of hydrogen-bond acceptors (Lipinski definition) is 2. The molecule has 0 bridgehead atoms. The molecule has 0 saturated heterocycles. The number of aliphatic imine (C=N–C) groups is 1. The fourth-order valence-electron chi connectivity index (χ4n) is 1.54. The summed E-state index contributed by atoms with van der Waals surface area (Å²) in [6.07, 6.45) is 3.60. The molecule has 1 heterocycles. The fraction of sp³-hybridized carbons (Fsp3) is 0.667. The molecule has 1 rings (SSSR count). The second-order valence-electron chi connectivity index (χ2n) is 5.89. The van der Waals surface area contributed by atoms with Gasteiger partial charge in [-0.15, -0.1) is 0 Å². The molecule has 0 spiro atoms. The minimum absolute atomic E-state index is 0.00395. The van der Waals surface area contributed by atoms with Gasteiger partial charge >= 0.3 is 0 Å². The van der Waals surface area contributed by atoms with Gasteiger partial charge in [-0.1, -0.05) is 6.92 Å². The molecule has 1 atom stereocenters. The summed E-state index contributed by atoms with van der Waals surface area (Å²) < 4.78 is 5.31. The van der Waals surface area contributed by atoms with Crippen molar-refractivity contribution in [3.63, 3.8) is 0 Å². The summed E-state index contributed by atoms with van der Waals surface area (Å²) in [5, 5.41) is 6.82. The van der Waals surface area contributed by atoms with Crippen LogP contribution in [0.1, 0.15) is 46.8 Å². The van der Waals surface area contributed by atoms with Crippen molar-refractivity contribution in [1.29, 1.82) is 0 Å². The number of nitrogens with zero attached hydrogens (tertiary/aromatic N) is 1. The Balaban J connectivity index is 2.55. The lowest BCUT2D eigenvalue weighted by molar-refractivity contribution is 0.489. The van der Waals surface area contributed by atoms with Crippen LogP contribution in [0.3, 0.4) is 0 Å². The molecule has 108 valence electrons. The number of guanidine groups is 1. The molecule has 1 aromatic rings. The monoisotopic (exact) mass is 265 g/mol. The van der Waals surface area contributed by atoms with Gasteiger partial charge in [0.25, 0.3) is 0 Å². The van der Waals surface area contributed by atoms with E-state index in [1.54, 1.807) is 6.26 Å². The van der Waals surface area contributed by atoms with Crippen LogP contribution in [0.25, 0.3) is 0 Å². The number of nitrogens with one attached hydrogen (secondary N) is 2. The summed E-state index contributed by atoms with van der Waals surface area (Å²) in [5.74, 6) is 1.84. The highest BCUT2D eigenvalue weighted by Crippen LogP contribution is 2.02. The molecular formula is C15H27N3O. The lowest BCUT2D eigenvalue weighted by Crippen LogP contribution is -2.50. The molecule has 1 aromatic heterocycles. The lowest BCUT2D eigenvalue weighted by atomic mass is 10.1. The van der Waals surface area contributed by atoms with Crippen molar-refractivity contribution in [3.05, 3.63) is 24.2 Å². The van der Waals surface area contributed by atoms with Crippen LogP contribution < -0.4 is 10.6 Å². The highest BCUT2D eigenvalue weighted by atomic mass is 16.3. The van der Waals surface area contributed by atoms with Crippen molar-refractivity contribution in [2.75, 3.05) is 6.54 Å². The molecule has 0 aliphatic carbocycles. The Morgan fingerprint density at radius 1 is 1.42 bits per heavy atom. The molecular weight excluding hydrogens is 238 g/mol. The summed E-state index contributed by atoms with van der Waals surface area (Å²) in [5.41, 5.74) is 0.00395. The van der Waals surface area contributed by atoms with Crippen molar-refractivity contribution in [1.82, 2.24) is 10.6 Å². The highest BCUT2D eigenvalue weighted by molar-refractivity contribution is 5.80. The van der Waals surface area contributed by atoms with Crippen LogP contribution in [0.15, 0.2) is 27.8 Å². The van der Waals surface area contributed by atoms with Gasteiger partial charge in [0.15, 0.2) is 5.96 Å². The van der Waals surface area contributed by atoms with Gasteiger partial charge < -0.3 is 15.1 Å². The van der Waals surface area contributed by atoms with Crippen LogP contribution in [0, 0.1) is 0 Å². The Hall–Kier alpha value is -1.45. The van der Waals surface area contributed by atoms with E-state index >= 15 is 0 Å². The molecule has 2 N–H and O–H groups in total. The van der Waals surface area contributed by atoms with Gasteiger partial charge in [0.2, 0.25) is 0 Å². The fourth-order valence-corrected chi connectivity index (χ4v) is 1.54. The van der Waals surface area contributed by atoms with E-state index in [9.17, 15) is 0 Å². The molecule has 1 unspecified atom stereocenters. The minimum atomic E-state index is 0.00395. The average Bonchev–Trinajstić information content (AvgIpc) is 2.79. The molecule has 0 aromatic carbocycles. The molecule has 19 heavy (non-hydrogen) atoms. The third kappa shape index (κ3) is 6.89. The smallest absolute Gasteiger partial charge is 0.191 e.